The lowest BCUT2D eigenvalue weighted by Crippen LogP contribution is -2.32. The normalized spacial score (nSPS) is 14.0. The maximum atomic E-state index is 13.5. The minimum Gasteiger partial charge on any atom is -0.350 e. The number of benzene rings is 3. The number of hydrogen-bond donors (Lipinski definition) is 1. The van der Waals surface area contributed by atoms with Crippen molar-refractivity contribution in [1.29, 1.82) is 0 Å². The van der Waals surface area contributed by atoms with Gasteiger partial charge in [0, 0.05) is 5.69 Å². The number of rotatable bonds is 5. The minimum atomic E-state index is -0.347. The Hall–Kier alpha value is -3.66. The second kappa shape index (κ2) is 8.23. The largest absolute Gasteiger partial charge is 0.350 e. The van der Waals surface area contributed by atoms with E-state index >= 15 is 0 Å². The van der Waals surface area contributed by atoms with Crippen molar-refractivity contribution in [3.05, 3.63) is 101 Å². The quantitative estimate of drug-likeness (QED) is 0.539. The molecule has 4 rings (SSSR count). The highest BCUT2D eigenvalue weighted by molar-refractivity contribution is 6.46. The van der Waals surface area contributed by atoms with Crippen molar-refractivity contribution >= 4 is 28.8 Å². The zero-order valence-corrected chi connectivity index (χ0v) is 18.3. The van der Waals surface area contributed by atoms with Crippen LogP contribution < -0.4 is 10.2 Å². The third-order valence-corrected chi connectivity index (χ3v) is 5.46. The number of nitrogens with one attached hydrogen (secondary N) is 1. The van der Waals surface area contributed by atoms with E-state index in [0.29, 0.717) is 28.4 Å². The first-order chi connectivity index (χ1) is 14.8. The maximum Gasteiger partial charge on any atom is 0.282 e. The molecule has 2 amide bonds. The van der Waals surface area contributed by atoms with Crippen LogP contribution in [-0.2, 0) is 9.59 Å². The van der Waals surface area contributed by atoms with E-state index in [1.807, 2.05) is 80.6 Å². The molecule has 0 unspecified atom stereocenters. The van der Waals surface area contributed by atoms with Crippen LogP contribution in [0.3, 0.4) is 0 Å². The van der Waals surface area contributed by atoms with Crippen molar-refractivity contribution in [2.24, 2.45) is 0 Å². The summed E-state index contributed by atoms with van der Waals surface area (Å²) in [6, 6.07) is 23.0. The van der Waals surface area contributed by atoms with E-state index < -0.39 is 0 Å². The van der Waals surface area contributed by atoms with E-state index in [4.69, 9.17) is 0 Å². The molecule has 1 heterocycles. The predicted octanol–water partition coefficient (Wildman–Crippen LogP) is 5.82. The molecule has 0 saturated heterocycles. The van der Waals surface area contributed by atoms with E-state index in [0.717, 1.165) is 22.4 Å². The van der Waals surface area contributed by atoms with E-state index in [1.165, 1.54) is 4.90 Å². The van der Waals surface area contributed by atoms with Crippen molar-refractivity contribution in [2.75, 3.05) is 10.2 Å². The molecule has 0 aromatic heterocycles. The van der Waals surface area contributed by atoms with Crippen LogP contribution >= 0.6 is 0 Å². The molecule has 0 aliphatic carbocycles. The van der Waals surface area contributed by atoms with Crippen LogP contribution in [0.1, 0.15) is 42.0 Å². The summed E-state index contributed by atoms with van der Waals surface area (Å²) in [6.45, 7) is 8.24. The molecule has 0 spiro atoms. The fourth-order valence-corrected chi connectivity index (χ4v) is 3.95. The van der Waals surface area contributed by atoms with Gasteiger partial charge in [-0.2, -0.15) is 0 Å². The Labute approximate surface area is 183 Å². The Morgan fingerprint density at radius 1 is 0.774 bits per heavy atom. The molecule has 0 atom stereocenters. The highest BCUT2D eigenvalue weighted by Crippen LogP contribution is 2.34. The van der Waals surface area contributed by atoms with Gasteiger partial charge in [0.15, 0.2) is 0 Å². The van der Waals surface area contributed by atoms with Gasteiger partial charge >= 0.3 is 0 Å². The topological polar surface area (TPSA) is 49.4 Å². The zero-order chi connectivity index (χ0) is 22.1. The molecule has 3 aromatic carbocycles. The molecule has 3 aromatic rings. The number of aryl methyl sites for hydroxylation is 2. The van der Waals surface area contributed by atoms with Crippen molar-refractivity contribution in [3.63, 3.8) is 0 Å². The molecule has 0 radical (unpaired) electrons. The Morgan fingerprint density at radius 3 is 1.97 bits per heavy atom. The molecule has 156 valence electrons. The van der Waals surface area contributed by atoms with E-state index in [-0.39, 0.29) is 11.8 Å². The molecule has 1 N–H and O–H groups in total. The summed E-state index contributed by atoms with van der Waals surface area (Å²) in [4.78, 5) is 28.2. The molecule has 1 aliphatic rings. The van der Waals surface area contributed by atoms with E-state index in [1.54, 1.807) is 0 Å². The van der Waals surface area contributed by atoms with Gasteiger partial charge in [0.25, 0.3) is 11.8 Å². The van der Waals surface area contributed by atoms with Crippen molar-refractivity contribution in [1.82, 2.24) is 0 Å². The van der Waals surface area contributed by atoms with Gasteiger partial charge in [0.2, 0.25) is 0 Å². The molecular formula is C27H26N2O2. The molecule has 31 heavy (non-hydrogen) atoms. The Kier molecular flexibility index (Phi) is 5.47. The summed E-state index contributed by atoms with van der Waals surface area (Å²) >= 11 is 0. The first-order valence-corrected chi connectivity index (χ1v) is 10.5. The lowest BCUT2D eigenvalue weighted by Gasteiger charge is -2.16. The first-order valence-electron chi connectivity index (χ1n) is 10.5. The van der Waals surface area contributed by atoms with Gasteiger partial charge < -0.3 is 5.32 Å². The van der Waals surface area contributed by atoms with Crippen molar-refractivity contribution in [2.45, 2.75) is 33.6 Å². The van der Waals surface area contributed by atoms with Gasteiger partial charge in [-0.25, -0.2) is 4.90 Å². The van der Waals surface area contributed by atoms with Crippen molar-refractivity contribution < 1.29 is 9.59 Å². The number of hydrogen-bond acceptors (Lipinski definition) is 3. The van der Waals surface area contributed by atoms with Crippen LogP contribution in [0, 0.1) is 13.8 Å². The van der Waals surface area contributed by atoms with Gasteiger partial charge in [-0.05, 0) is 66.3 Å². The summed E-state index contributed by atoms with van der Waals surface area (Å²) in [5.41, 5.74) is 6.10. The lowest BCUT2D eigenvalue weighted by molar-refractivity contribution is -0.120. The zero-order valence-electron chi connectivity index (χ0n) is 18.3. The van der Waals surface area contributed by atoms with Gasteiger partial charge in [0.05, 0.1) is 11.3 Å². The molecule has 4 heteroatoms. The molecule has 0 bridgehead atoms. The number of imide groups is 1. The van der Waals surface area contributed by atoms with Gasteiger partial charge in [-0.15, -0.1) is 0 Å². The molecule has 0 fully saturated rings. The SMILES string of the molecule is Cc1cc(C)cc(NC2=C(c3ccccc3)C(=O)N(c3ccc(C(C)C)cc3)C2=O)c1. The third kappa shape index (κ3) is 4.02. The molecule has 0 saturated carbocycles. The maximum absolute atomic E-state index is 13.5. The van der Waals surface area contributed by atoms with Crippen LogP contribution in [0.15, 0.2) is 78.5 Å². The van der Waals surface area contributed by atoms with Gasteiger partial charge in [-0.1, -0.05) is 62.4 Å². The standard InChI is InChI=1S/C27H26N2O2/c1-17(2)20-10-12-23(13-11-20)29-26(30)24(21-8-6-5-7-9-21)25(27(29)31)28-22-15-18(3)14-19(4)16-22/h5-17,28H,1-4H3. The van der Waals surface area contributed by atoms with Crippen molar-refractivity contribution in [3.8, 4) is 0 Å². The summed E-state index contributed by atoms with van der Waals surface area (Å²) in [6.07, 6.45) is 0. The monoisotopic (exact) mass is 410 g/mol. The molecular weight excluding hydrogens is 384 g/mol. The smallest absolute Gasteiger partial charge is 0.282 e. The molecule has 4 nitrogen and oxygen atoms in total. The number of nitrogens with zero attached hydrogens (tertiary/aromatic N) is 1. The summed E-state index contributed by atoms with van der Waals surface area (Å²) < 4.78 is 0. The highest BCUT2D eigenvalue weighted by Gasteiger charge is 2.40. The van der Waals surface area contributed by atoms with Crippen LogP contribution in [0.5, 0.6) is 0 Å². The molecule has 1 aliphatic heterocycles. The fourth-order valence-electron chi connectivity index (χ4n) is 3.95. The second-order valence-corrected chi connectivity index (χ2v) is 8.31. The van der Waals surface area contributed by atoms with Crippen LogP contribution in [0.2, 0.25) is 0 Å². The fraction of sp³-hybridized carbons (Fsp3) is 0.185. The number of carbonyl (C=O) groups is 2. The predicted molar refractivity (Wildman–Crippen MR) is 126 cm³/mol. The Morgan fingerprint density at radius 2 is 1.39 bits per heavy atom. The van der Waals surface area contributed by atoms with E-state index in [2.05, 4.69) is 25.2 Å². The second-order valence-electron chi connectivity index (χ2n) is 8.31. The average Bonchev–Trinajstić information content (AvgIpc) is 2.97. The Balaban J connectivity index is 1.79. The average molecular weight is 411 g/mol. The van der Waals surface area contributed by atoms with Crippen LogP contribution in [0.25, 0.3) is 5.57 Å². The van der Waals surface area contributed by atoms with Crippen LogP contribution in [-0.4, -0.2) is 11.8 Å². The Bertz CT molecular complexity index is 1160. The summed E-state index contributed by atoms with van der Waals surface area (Å²) in [7, 11) is 0. The minimum absolute atomic E-state index is 0.300. The van der Waals surface area contributed by atoms with Crippen LogP contribution in [0.4, 0.5) is 11.4 Å². The third-order valence-electron chi connectivity index (χ3n) is 5.46. The lowest BCUT2D eigenvalue weighted by atomic mass is 10.0. The number of carbonyl (C=O) groups excluding carboxylic acids is 2. The highest BCUT2D eigenvalue weighted by atomic mass is 16.2. The number of anilines is 2. The van der Waals surface area contributed by atoms with Gasteiger partial charge in [-0.3, -0.25) is 9.59 Å². The van der Waals surface area contributed by atoms with Gasteiger partial charge in [0.1, 0.15) is 5.70 Å². The number of amides is 2. The summed E-state index contributed by atoms with van der Waals surface area (Å²) in [5, 5.41) is 3.25. The first kappa shape index (κ1) is 20.6. The van der Waals surface area contributed by atoms with E-state index in [9.17, 15) is 9.59 Å². The summed E-state index contributed by atoms with van der Waals surface area (Å²) in [5.74, 6) is -0.292.